The van der Waals surface area contributed by atoms with Crippen LogP contribution in [0.1, 0.15) is 36.1 Å². The highest BCUT2D eigenvalue weighted by Gasteiger charge is 2.11. The quantitative estimate of drug-likeness (QED) is 0.683. The second-order valence-electron chi connectivity index (χ2n) is 4.46. The van der Waals surface area contributed by atoms with Gasteiger partial charge in [0.05, 0.1) is 0 Å². The lowest BCUT2D eigenvalue weighted by molar-refractivity contribution is 1.01. The van der Waals surface area contributed by atoms with Gasteiger partial charge in [0.1, 0.15) is 0 Å². The molecule has 0 saturated carbocycles. The Kier molecular flexibility index (Phi) is 3.00. The van der Waals surface area contributed by atoms with Crippen molar-refractivity contribution < 1.29 is 0 Å². The topological polar surface area (TPSA) is 0 Å². The second-order valence-corrected chi connectivity index (χ2v) is 4.46. The van der Waals surface area contributed by atoms with Crippen LogP contribution < -0.4 is 0 Å². The summed E-state index contributed by atoms with van der Waals surface area (Å²) in [6.07, 6.45) is 2.28. The van der Waals surface area contributed by atoms with Gasteiger partial charge in [0.2, 0.25) is 0 Å². The molecular weight excluding hydrogens is 192 g/mol. The van der Waals surface area contributed by atoms with Crippen LogP contribution in [-0.4, -0.2) is 0 Å². The molecule has 0 aliphatic carbocycles. The van der Waals surface area contributed by atoms with Gasteiger partial charge in [-0.1, -0.05) is 38.1 Å². The molecule has 16 heavy (non-hydrogen) atoms. The van der Waals surface area contributed by atoms with Crippen molar-refractivity contribution >= 4 is 10.8 Å². The van der Waals surface area contributed by atoms with E-state index < -0.39 is 0 Å². The molecule has 0 aliphatic heterocycles. The fraction of sp³-hybridized carbons (Fsp3) is 0.375. The maximum atomic E-state index is 2.26. The molecule has 0 radical (unpaired) electrons. The average Bonchev–Trinajstić information content (AvgIpc) is 2.33. The summed E-state index contributed by atoms with van der Waals surface area (Å²) in [5.41, 5.74) is 6.05. The molecule has 0 heterocycles. The minimum atomic E-state index is 1.14. The van der Waals surface area contributed by atoms with Crippen LogP contribution in [-0.2, 0) is 12.8 Å². The molecule has 0 aromatic heterocycles. The minimum Gasteiger partial charge on any atom is -0.0616 e. The zero-order chi connectivity index (χ0) is 11.7. The Morgan fingerprint density at radius 2 is 1.12 bits per heavy atom. The SMILES string of the molecule is CCc1c(CC)c(C)c2ccccc2c1C. The lowest BCUT2D eigenvalue weighted by Gasteiger charge is -2.17. The molecule has 2 aromatic carbocycles. The van der Waals surface area contributed by atoms with E-state index in [9.17, 15) is 0 Å². The number of rotatable bonds is 2. The Morgan fingerprint density at radius 3 is 1.44 bits per heavy atom. The lowest BCUT2D eigenvalue weighted by Crippen LogP contribution is -2.00. The van der Waals surface area contributed by atoms with Crippen LogP contribution in [0.4, 0.5) is 0 Å². The van der Waals surface area contributed by atoms with Crippen LogP contribution in [0.25, 0.3) is 10.8 Å². The molecule has 0 unspecified atom stereocenters. The van der Waals surface area contributed by atoms with E-state index in [-0.39, 0.29) is 0 Å². The second kappa shape index (κ2) is 4.29. The van der Waals surface area contributed by atoms with Crippen LogP contribution in [0.2, 0.25) is 0 Å². The molecule has 0 saturated heterocycles. The van der Waals surface area contributed by atoms with Crippen LogP contribution in [0.5, 0.6) is 0 Å². The van der Waals surface area contributed by atoms with Gasteiger partial charge in [-0.3, -0.25) is 0 Å². The first-order valence-electron chi connectivity index (χ1n) is 6.20. The fourth-order valence-corrected chi connectivity index (χ4v) is 2.87. The maximum Gasteiger partial charge on any atom is -0.0149 e. The lowest BCUT2D eigenvalue weighted by atomic mass is 9.88. The number of hydrogen-bond donors (Lipinski definition) is 0. The van der Waals surface area contributed by atoms with E-state index >= 15 is 0 Å². The van der Waals surface area contributed by atoms with Crippen molar-refractivity contribution in [3.05, 3.63) is 46.5 Å². The maximum absolute atomic E-state index is 2.26. The van der Waals surface area contributed by atoms with Crippen LogP contribution in [0.15, 0.2) is 24.3 Å². The van der Waals surface area contributed by atoms with Gasteiger partial charge in [-0.15, -0.1) is 0 Å². The van der Waals surface area contributed by atoms with Crippen molar-refractivity contribution in [1.29, 1.82) is 0 Å². The highest BCUT2D eigenvalue weighted by atomic mass is 14.2. The molecule has 0 N–H and O–H groups in total. The molecule has 2 aromatic rings. The Balaban J connectivity index is 2.93. The minimum absolute atomic E-state index is 1.14. The summed E-state index contributed by atoms with van der Waals surface area (Å²) >= 11 is 0. The Morgan fingerprint density at radius 1 is 0.750 bits per heavy atom. The number of aryl methyl sites for hydroxylation is 2. The molecule has 0 aliphatic rings. The van der Waals surface area contributed by atoms with E-state index in [2.05, 4.69) is 52.0 Å². The smallest absolute Gasteiger partial charge is 0.0149 e. The zero-order valence-corrected chi connectivity index (χ0v) is 10.7. The summed E-state index contributed by atoms with van der Waals surface area (Å²) in [5, 5.41) is 2.85. The van der Waals surface area contributed by atoms with Crippen molar-refractivity contribution in [2.45, 2.75) is 40.5 Å². The molecule has 0 nitrogen and oxygen atoms in total. The first kappa shape index (κ1) is 11.2. The van der Waals surface area contributed by atoms with Crippen molar-refractivity contribution in [2.24, 2.45) is 0 Å². The van der Waals surface area contributed by atoms with Crippen LogP contribution in [0, 0.1) is 13.8 Å². The average molecular weight is 212 g/mol. The van der Waals surface area contributed by atoms with Gasteiger partial charge < -0.3 is 0 Å². The van der Waals surface area contributed by atoms with Crippen molar-refractivity contribution in [1.82, 2.24) is 0 Å². The number of benzene rings is 2. The summed E-state index contributed by atoms with van der Waals surface area (Å²) < 4.78 is 0. The molecule has 0 fully saturated rings. The van der Waals surface area contributed by atoms with Crippen LogP contribution >= 0.6 is 0 Å². The largest absolute Gasteiger partial charge is 0.0616 e. The molecule has 0 spiro atoms. The van der Waals surface area contributed by atoms with Crippen molar-refractivity contribution in [2.75, 3.05) is 0 Å². The summed E-state index contributed by atoms with van der Waals surface area (Å²) in [6, 6.07) is 8.77. The van der Waals surface area contributed by atoms with Gasteiger partial charge in [0, 0.05) is 0 Å². The highest BCUT2D eigenvalue weighted by Crippen LogP contribution is 2.30. The normalized spacial score (nSPS) is 11.0. The van der Waals surface area contributed by atoms with Gasteiger partial charge in [-0.05, 0) is 59.7 Å². The van der Waals surface area contributed by atoms with Gasteiger partial charge in [0.25, 0.3) is 0 Å². The van der Waals surface area contributed by atoms with E-state index in [0.717, 1.165) is 12.8 Å². The van der Waals surface area contributed by atoms with E-state index in [0.29, 0.717) is 0 Å². The van der Waals surface area contributed by atoms with Gasteiger partial charge in [0.15, 0.2) is 0 Å². The first-order chi connectivity index (χ1) is 7.70. The molecule has 2 rings (SSSR count). The Bertz CT molecular complexity index is 473. The van der Waals surface area contributed by atoms with Gasteiger partial charge in [-0.25, -0.2) is 0 Å². The Labute approximate surface area is 98.3 Å². The third-order valence-corrected chi connectivity index (χ3v) is 3.71. The van der Waals surface area contributed by atoms with E-state index in [1.165, 1.54) is 21.9 Å². The monoisotopic (exact) mass is 212 g/mol. The molecular formula is C16H20. The fourth-order valence-electron chi connectivity index (χ4n) is 2.87. The summed E-state index contributed by atoms with van der Waals surface area (Å²) in [7, 11) is 0. The van der Waals surface area contributed by atoms with E-state index in [1.807, 2.05) is 0 Å². The Hall–Kier alpha value is -1.30. The third kappa shape index (κ3) is 1.53. The first-order valence-corrected chi connectivity index (χ1v) is 6.20. The van der Waals surface area contributed by atoms with E-state index in [4.69, 9.17) is 0 Å². The van der Waals surface area contributed by atoms with Crippen molar-refractivity contribution in [3.63, 3.8) is 0 Å². The molecule has 84 valence electrons. The molecule has 0 amide bonds. The number of fused-ring (bicyclic) bond motifs is 1. The number of hydrogen-bond acceptors (Lipinski definition) is 0. The molecule has 0 atom stereocenters. The van der Waals surface area contributed by atoms with Crippen LogP contribution in [0.3, 0.4) is 0 Å². The predicted molar refractivity (Wildman–Crippen MR) is 72.2 cm³/mol. The van der Waals surface area contributed by atoms with Crippen molar-refractivity contribution in [3.8, 4) is 0 Å². The molecule has 0 heteroatoms. The van der Waals surface area contributed by atoms with Gasteiger partial charge in [-0.2, -0.15) is 0 Å². The third-order valence-electron chi connectivity index (χ3n) is 3.71. The summed E-state index contributed by atoms with van der Waals surface area (Å²) in [5.74, 6) is 0. The van der Waals surface area contributed by atoms with E-state index in [1.54, 1.807) is 11.1 Å². The molecule has 0 bridgehead atoms. The highest BCUT2D eigenvalue weighted by molar-refractivity contribution is 5.90. The van der Waals surface area contributed by atoms with Gasteiger partial charge >= 0.3 is 0 Å². The summed E-state index contributed by atoms with van der Waals surface area (Å²) in [6.45, 7) is 9.05. The predicted octanol–water partition coefficient (Wildman–Crippen LogP) is 4.58. The summed E-state index contributed by atoms with van der Waals surface area (Å²) in [4.78, 5) is 0. The standard InChI is InChI=1S/C16H20/c1-5-13-11(3)15-9-7-8-10-16(15)12(4)14(13)6-2/h7-10H,5-6H2,1-4H3. The zero-order valence-electron chi connectivity index (χ0n) is 10.7.